The second-order valence-electron chi connectivity index (χ2n) is 5.31. The van der Waals surface area contributed by atoms with Gasteiger partial charge >= 0.3 is 0 Å². The molecule has 88 valence electrons. The van der Waals surface area contributed by atoms with Crippen molar-refractivity contribution in [2.24, 2.45) is 5.41 Å². The zero-order valence-corrected chi connectivity index (χ0v) is 10.8. The smallest absolute Gasteiger partial charge is 0.143 e. The van der Waals surface area contributed by atoms with Gasteiger partial charge in [-0.15, -0.1) is 0 Å². The molecule has 1 aliphatic carbocycles. The minimum absolute atomic E-state index is 0.278. The van der Waals surface area contributed by atoms with E-state index in [0.717, 1.165) is 11.9 Å². The maximum Gasteiger partial charge on any atom is 0.143 e. The highest BCUT2D eigenvalue weighted by molar-refractivity contribution is 5.67. The Labute approximate surface area is 98.9 Å². The molecule has 0 bridgehead atoms. The molecule has 0 aromatic carbocycles. The molecule has 1 aliphatic rings. The predicted octanol–water partition coefficient (Wildman–Crippen LogP) is 4.21. The summed E-state index contributed by atoms with van der Waals surface area (Å²) in [5.41, 5.74) is 4.22. The molecule has 0 amide bonds. The molecule has 1 heteroatoms. The topological polar surface area (TPSA) is 17.1 Å². The van der Waals surface area contributed by atoms with E-state index in [0.29, 0.717) is 0 Å². The van der Waals surface area contributed by atoms with Gasteiger partial charge in [0, 0.05) is 0 Å². The van der Waals surface area contributed by atoms with Crippen molar-refractivity contribution in [2.75, 3.05) is 0 Å². The Morgan fingerprint density at radius 2 is 2.06 bits per heavy atom. The fraction of sp³-hybridized carbons (Fsp3) is 0.533. The van der Waals surface area contributed by atoms with Gasteiger partial charge in [0.15, 0.2) is 0 Å². The molecule has 0 aromatic rings. The van der Waals surface area contributed by atoms with E-state index in [1.165, 1.54) is 30.4 Å². The lowest BCUT2D eigenvalue weighted by molar-refractivity contribution is -0.104. The zero-order valence-electron chi connectivity index (χ0n) is 10.8. The van der Waals surface area contributed by atoms with Gasteiger partial charge in [0.1, 0.15) is 6.29 Å². The average Bonchev–Trinajstić information content (AvgIpc) is 2.16. The largest absolute Gasteiger partial charge is 0.299 e. The molecule has 0 fully saturated rings. The number of carbonyl (C=O) groups is 1. The highest BCUT2D eigenvalue weighted by Gasteiger charge is 2.26. The molecular formula is C15H22O. The SMILES string of the molecule is CC1=C(/C=C/C(C)=[13CH]/[13CH]=O)C(C)(C)CCC1. The highest BCUT2D eigenvalue weighted by Crippen LogP contribution is 2.40. The van der Waals surface area contributed by atoms with Gasteiger partial charge in [-0.25, -0.2) is 0 Å². The second kappa shape index (κ2) is 5.29. The quantitative estimate of drug-likeness (QED) is 0.301. The van der Waals surface area contributed by atoms with Crippen LogP contribution in [0.5, 0.6) is 0 Å². The molecule has 0 N–H and O–H groups in total. The van der Waals surface area contributed by atoms with Crippen LogP contribution in [-0.4, -0.2) is 6.29 Å². The Morgan fingerprint density at radius 1 is 1.38 bits per heavy atom. The Balaban J connectivity index is 2.93. The van der Waals surface area contributed by atoms with Gasteiger partial charge < -0.3 is 0 Å². The van der Waals surface area contributed by atoms with Gasteiger partial charge in [-0.1, -0.05) is 31.6 Å². The van der Waals surface area contributed by atoms with Gasteiger partial charge in [-0.3, -0.25) is 4.79 Å². The summed E-state index contributed by atoms with van der Waals surface area (Å²) < 4.78 is 0. The van der Waals surface area contributed by atoms with Crippen molar-refractivity contribution in [3.8, 4) is 0 Å². The third kappa shape index (κ3) is 3.19. The minimum Gasteiger partial charge on any atom is -0.299 e. The van der Waals surface area contributed by atoms with Crippen LogP contribution >= 0.6 is 0 Å². The summed E-state index contributed by atoms with van der Waals surface area (Å²) in [7, 11) is 0. The number of rotatable bonds is 3. The lowest BCUT2D eigenvalue weighted by Crippen LogP contribution is -2.19. The molecule has 1 rings (SSSR count). The van der Waals surface area contributed by atoms with Crippen molar-refractivity contribution in [3.63, 3.8) is 0 Å². The molecule has 0 saturated heterocycles. The van der Waals surface area contributed by atoms with E-state index in [1.807, 2.05) is 13.0 Å². The first-order valence-corrected chi connectivity index (χ1v) is 5.98. The Morgan fingerprint density at radius 3 is 2.62 bits per heavy atom. The van der Waals surface area contributed by atoms with Crippen molar-refractivity contribution in [1.82, 2.24) is 0 Å². The maximum absolute atomic E-state index is 10.3. The van der Waals surface area contributed by atoms with Crippen LogP contribution in [0.3, 0.4) is 0 Å². The summed E-state index contributed by atoms with van der Waals surface area (Å²) in [6.07, 6.45) is 10.4. The van der Waals surface area contributed by atoms with Crippen molar-refractivity contribution in [1.29, 1.82) is 0 Å². The van der Waals surface area contributed by atoms with E-state index in [1.54, 1.807) is 6.08 Å². The molecule has 0 heterocycles. The number of carbonyl (C=O) groups excluding carboxylic acids is 1. The molecule has 16 heavy (non-hydrogen) atoms. The lowest BCUT2D eigenvalue weighted by atomic mass is 9.72. The summed E-state index contributed by atoms with van der Waals surface area (Å²) in [5.74, 6) is 0. The fourth-order valence-electron chi connectivity index (χ4n) is 2.39. The molecule has 0 aliphatic heterocycles. The average molecular weight is 220 g/mol. The normalized spacial score (nSPS) is 21.6. The Hall–Kier alpha value is -1.11. The zero-order chi connectivity index (χ0) is 12.2. The van der Waals surface area contributed by atoms with Crippen LogP contribution in [0, 0.1) is 5.41 Å². The molecule has 1 nitrogen and oxygen atoms in total. The minimum atomic E-state index is 0.278. The van der Waals surface area contributed by atoms with E-state index >= 15 is 0 Å². The number of aldehydes is 1. The van der Waals surface area contributed by atoms with Crippen LogP contribution in [0.1, 0.15) is 47.0 Å². The van der Waals surface area contributed by atoms with Gasteiger partial charge in [-0.05, 0) is 55.7 Å². The predicted molar refractivity (Wildman–Crippen MR) is 69.3 cm³/mol. The van der Waals surface area contributed by atoms with Crippen molar-refractivity contribution >= 4 is 6.29 Å². The number of hydrogen-bond donors (Lipinski definition) is 0. The van der Waals surface area contributed by atoms with E-state index in [4.69, 9.17) is 0 Å². The standard InChI is InChI=1S/C15H22O/c1-12(9-11-16)7-8-14-13(2)6-5-10-15(14,3)4/h7-9,11H,5-6,10H2,1-4H3/b8-7+,12-9+/i9+1,11+1. The van der Waals surface area contributed by atoms with Gasteiger partial charge in [0.2, 0.25) is 0 Å². The third-order valence-corrected chi connectivity index (χ3v) is 3.39. The Bertz CT molecular complexity index is 354. The van der Waals surface area contributed by atoms with Crippen molar-refractivity contribution < 1.29 is 4.79 Å². The van der Waals surface area contributed by atoms with Gasteiger partial charge in [-0.2, -0.15) is 0 Å². The summed E-state index contributed by atoms with van der Waals surface area (Å²) >= 11 is 0. The summed E-state index contributed by atoms with van der Waals surface area (Å²) in [4.78, 5) is 10.3. The Kier molecular flexibility index (Phi) is 4.28. The molecule has 0 aromatic heterocycles. The van der Waals surface area contributed by atoms with E-state index in [2.05, 4.69) is 26.8 Å². The lowest BCUT2D eigenvalue weighted by Gasteiger charge is -2.32. The molecule has 0 atom stereocenters. The van der Waals surface area contributed by atoms with Gasteiger partial charge in [0.05, 0.1) is 0 Å². The van der Waals surface area contributed by atoms with Crippen molar-refractivity contribution in [2.45, 2.75) is 47.0 Å². The molecule has 0 saturated carbocycles. The fourth-order valence-corrected chi connectivity index (χ4v) is 2.39. The first kappa shape index (κ1) is 13.0. The second-order valence-corrected chi connectivity index (χ2v) is 5.31. The van der Waals surface area contributed by atoms with E-state index < -0.39 is 0 Å². The summed E-state index contributed by atoms with van der Waals surface area (Å²) in [6, 6.07) is 0. The van der Waals surface area contributed by atoms with Crippen LogP contribution < -0.4 is 0 Å². The number of allylic oxidation sites excluding steroid dienone is 6. The van der Waals surface area contributed by atoms with E-state index in [-0.39, 0.29) is 5.41 Å². The van der Waals surface area contributed by atoms with Crippen LogP contribution in [-0.2, 0) is 4.79 Å². The third-order valence-electron chi connectivity index (χ3n) is 3.39. The van der Waals surface area contributed by atoms with Crippen LogP contribution in [0.15, 0.2) is 34.9 Å². The highest BCUT2D eigenvalue weighted by atomic mass is 16.2. The van der Waals surface area contributed by atoms with Crippen LogP contribution in [0.25, 0.3) is 0 Å². The van der Waals surface area contributed by atoms with E-state index in [9.17, 15) is 4.79 Å². The summed E-state index contributed by atoms with van der Waals surface area (Å²) in [5, 5.41) is 0. The monoisotopic (exact) mass is 220 g/mol. The molecule has 0 radical (unpaired) electrons. The number of hydrogen-bond acceptors (Lipinski definition) is 1. The molecule has 0 unspecified atom stereocenters. The molecule has 0 spiro atoms. The van der Waals surface area contributed by atoms with Crippen molar-refractivity contribution in [3.05, 3.63) is 34.9 Å². The first-order chi connectivity index (χ1) is 7.47. The van der Waals surface area contributed by atoms with Gasteiger partial charge in [0.25, 0.3) is 0 Å². The first-order valence-electron chi connectivity index (χ1n) is 5.98. The molecular weight excluding hydrogens is 198 g/mol. The van der Waals surface area contributed by atoms with Crippen LogP contribution in [0.4, 0.5) is 0 Å². The summed E-state index contributed by atoms with van der Waals surface area (Å²) in [6.45, 7) is 8.78. The van der Waals surface area contributed by atoms with Crippen LogP contribution in [0.2, 0.25) is 0 Å². The maximum atomic E-state index is 10.3.